The van der Waals surface area contributed by atoms with Gasteiger partial charge in [-0.15, -0.1) is 6.58 Å². The first-order valence-electron chi connectivity index (χ1n) is 10.5. The van der Waals surface area contributed by atoms with E-state index < -0.39 is 28.4 Å². The molecule has 7 nitrogen and oxygen atoms in total. The van der Waals surface area contributed by atoms with Gasteiger partial charge in [-0.2, -0.15) is 0 Å². The maximum Gasteiger partial charge on any atom is 0.264 e. The molecule has 35 heavy (non-hydrogen) atoms. The molecule has 0 fully saturated rings. The molecule has 0 spiro atoms. The number of benzene rings is 3. The van der Waals surface area contributed by atoms with Gasteiger partial charge in [0.15, 0.2) is 0 Å². The molecule has 0 heterocycles. The fourth-order valence-electron chi connectivity index (χ4n) is 3.21. The van der Waals surface area contributed by atoms with Crippen molar-refractivity contribution >= 4 is 56.4 Å². The van der Waals surface area contributed by atoms with Crippen LogP contribution < -0.4 is 14.9 Å². The normalized spacial score (nSPS) is 10.9. The zero-order valence-corrected chi connectivity index (χ0v) is 21.1. The van der Waals surface area contributed by atoms with E-state index in [1.165, 1.54) is 36.4 Å². The lowest BCUT2D eigenvalue weighted by Gasteiger charge is -2.25. The quantitative estimate of drug-likeness (QED) is 0.377. The number of sulfonamides is 1. The summed E-state index contributed by atoms with van der Waals surface area (Å²) in [5.41, 5.74) is 1.46. The van der Waals surface area contributed by atoms with Crippen LogP contribution in [-0.2, 0) is 14.8 Å². The second-order valence-corrected chi connectivity index (χ2v) is 10.3. The molecule has 0 saturated carbocycles. The zero-order chi connectivity index (χ0) is 25.6. The van der Waals surface area contributed by atoms with Gasteiger partial charge in [-0.05, 0) is 49.4 Å². The van der Waals surface area contributed by atoms with E-state index >= 15 is 0 Å². The average Bonchev–Trinajstić information content (AvgIpc) is 2.81. The fraction of sp³-hybridized carbons (Fsp3) is 0.120. The Morgan fingerprint density at radius 3 is 2.26 bits per heavy atom. The Morgan fingerprint density at radius 1 is 1.00 bits per heavy atom. The van der Waals surface area contributed by atoms with E-state index in [2.05, 4.69) is 17.2 Å². The standard InChI is InChI=1S/C25H23Cl2N3O4S/c1-3-12-28-25(32)22-6-4-5-7-23(22)29-24(31)16-30(20-14-18(26)13-19(27)15-20)35(33,34)21-10-8-17(2)9-11-21/h3-11,13-15H,1,12,16H2,2H3,(H,28,32)(H,29,31). The molecule has 0 radical (unpaired) electrons. The van der Waals surface area contributed by atoms with Crippen LogP contribution in [0.5, 0.6) is 0 Å². The summed E-state index contributed by atoms with van der Waals surface area (Å²) in [4.78, 5) is 25.5. The van der Waals surface area contributed by atoms with Gasteiger partial charge in [0, 0.05) is 16.6 Å². The smallest absolute Gasteiger partial charge is 0.264 e. The molecule has 2 amide bonds. The van der Waals surface area contributed by atoms with Crippen molar-refractivity contribution in [2.45, 2.75) is 11.8 Å². The maximum atomic E-state index is 13.5. The lowest BCUT2D eigenvalue weighted by Crippen LogP contribution is -2.38. The molecule has 182 valence electrons. The summed E-state index contributed by atoms with van der Waals surface area (Å²) in [7, 11) is -4.17. The molecule has 2 N–H and O–H groups in total. The number of rotatable bonds is 9. The second-order valence-electron chi connectivity index (χ2n) is 7.54. The van der Waals surface area contributed by atoms with E-state index in [1.54, 1.807) is 36.4 Å². The van der Waals surface area contributed by atoms with Crippen molar-refractivity contribution < 1.29 is 18.0 Å². The first-order valence-corrected chi connectivity index (χ1v) is 12.6. The van der Waals surface area contributed by atoms with Gasteiger partial charge in [0.1, 0.15) is 6.54 Å². The number of anilines is 2. The van der Waals surface area contributed by atoms with Crippen LogP contribution in [0.4, 0.5) is 11.4 Å². The van der Waals surface area contributed by atoms with E-state index in [9.17, 15) is 18.0 Å². The van der Waals surface area contributed by atoms with E-state index in [0.29, 0.717) is 0 Å². The molecular formula is C25H23Cl2N3O4S. The first-order chi connectivity index (χ1) is 16.6. The Morgan fingerprint density at radius 2 is 1.63 bits per heavy atom. The monoisotopic (exact) mass is 531 g/mol. The largest absolute Gasteiger partial charge is 0.349 e. The number of carbonyl (C=O) groups is 2. The number of halogens is 2. The summed E-state index contributed by atoms with van der Waals surface area (Å²) in [6.45, 7) is 5.05. The Bertz CT molecular complexity index is 1340. The average molecular weight is 532 g/mol. The van der Waals surface area contributed by atoms with Gasteiger partial charge >= 0.3 is 0 Å². The third-order valence-electron chi connectivity index (χ3n) is 4.88. The van der Waals surface area contributed by atoms with Crippen LogP contribution in [0.3, 0.4) is 0 Å². The number of nitrogens with one attached hydrogen (secondary N) is 2. The van der Waals surface area contributed by atoms with Crippen LogP contribution in [0, 0.1) is 6.92 Å². The minimum absolute atomic E-state index is 0.00352. The highest BCUT2D eigenvalue weighted by molar-refractivity contribution is 7.92. The SMILES string of the molecule is C=CCNC(=O)c1ccccc1NC(=O)CN(c1cc(Cl)cc(Cl)c1)S(=O)(=O)c1ccc(C)cc1. The number of carbonyl (C=O) groups excluding carboxylic acids is 2. The molecule has 10 heteroatoms. The van der Waals surface area contributed by atoms with Gasteiger partial charge in [0.2, 0.25) is 5.91 Å². The third kappa shape index (κ3) is 6.63. The van der Waals surface area contributed by atoms with E-state index in [-0.39, 0.29) is 38.4 Å². The van der Waals surface area contributed by atoms with Crippen molar-refractivity contribution in [2.75, 3.05) is 22.7 Å². The predicted molar refractivity (Wildman–Crippen MR) is 140 cm³/mol. The van der Waals surface area contributed by atoms with Crippen molar-refractivity contribution in [3.8, 4) is 0 Å². The molecule has 3 aromatic carbocycles. The highest BCUT2D eigenvalue weighted by Gasteiger charge is 2.28. The summed E-state index contributed by atoms with van der Waals surface area (Å²) >= 11 is 12.2. The summed E-state index contributed by atoms with van der Waals surface area (Å²) < 4.78 is 28.0. The van der Waals surface area contributed by atoms with Gasteiger partial charge < -0.3 is 10.6 Å². The zero-order valence-electron chi connectivity index (χ0n) is 18.8. The van der Waals surface area contributed by atoms with Crippen molar-refractivity contribution in [2.24, 2.45) is 0 Å². The molecule has 0 unspecified atom stereocenters. The Balaban J connectivity index is 1.96. The summed E-state index contributed by atoms with van der Waals surface area (Å²) in [6, 6.07) is 16.9. The molecule has 0 aromatic heterocycles. The number of nitrogens with zero attached hydrogens (tertiary/aromatic N) is 1. The number of hydrogen-bond donors (Lipinski definition) is 2. The topological polar surface area (TPSA) is 95.6 Å². The highest BCUT2D eigenvalue weighted by atomic mass is 35.5. The first kappa shape index (κ1) is 26.3. The van der Waals surface area contributed by atoms with Crippen LogP contribution in [0.2, 0.25) is 10.0 Å². The Labute approximate surface area is 214 Å². The molecule has 0 saturated heterocycles. The molecule has 0 bridgehead atoms. The van der Waals surface area contributed by atoms with E-state index in [0.717, 1.165) is 9.87 Å². The lowest BCUT2D eigenvalue weighted by atomic mass is 10.1. The fourth-order valence-corrected chi connectivity index (χ4v) is 5.13. The minimum atomic E-state index is -4.17. The Hall–Kier alpha value is -3.33. The van der Waals surface area contributed by atoms with Crippen LogP contribution in [0.25, 0.3) is 0 Å². The number of hydrogen-bond acceptors (Lipinski definition) is 4. The molecular weight excluding hydrogens is 509 g/mol. The van der Waals surface area contributed by atoms with Crippen molar-refractivity contribution in [3.63, 3.8) is 0 Å². The highest BCUT2D eigenvalue weighted by Crippen LogP contribution is 2.30. The number of amides is 2. The van der Waals surface area contributed by atoms with Crippen LogP contribution in [-0.4, -0.2) is 33.3 Å². The van der Waals surface area contributed by atoms with E-state index in [1.807, 2.05) is 6.92 Å². The van der Waals surface area contributed by atoms with Crippen molar-refractivity contribution in [1.82, 2.24) is 5.32 Å². The maximum absolute atomic E-state index is 13.5. The van der Waals surface area contributed by atoms with Gasteiger partial charge in [0.05, 0.1) is 21.8 Å². The third-order valence-corrected chi connectivity index (χ3v) is 7.11. The molecule has 3 aromatic rings. The molecule has 0 aliphatic rings. The predicted octanol–water partition coefficient (Wildman–Crippen LogP) is 5.05. The molecule has 0 aliphatic carbocycles. The lowest BCUT2D eigenvalue weighted by molar-refractivity contribution is -0.114. The van der Waals surface area contributed by atoms with E-state index in [4.69, 9.17) is 23.2 Å². The molecule has 0 atom stereocenters. The van der Waals surface area contributed by atoms with Crippen molar-refractivity contribution in [1.29, 1.82) is 0 Å². The van der Waals surface area contributed by atoms with Crippen LogP contribution in [0.1, 0.15) is 15.9 Å². The molecule has 3 rings (SSSR count). The van der Waals surface area contributed by atoms with Crippen LogP contribution >= 0.6 is 23.2 Å². The Kier molecular flexibility index (Phi) is 8.56. The number of aryl methyl sites for hydroxylation is 1. The second kappa shape index (κ2) is 11.4. The summed E-state index contributed by atoms with van der Waals surface area (Å²) in [5, 5.41) is 5.70. The minimum Gasteiger partial charge on any atom is -0.349 e. The van der Waals surface area contributed by atoms with Gasteiger partial charge in [-0.25, -0.2) is 8.42 Å². The van der Waals surface area contributed by atoms with Gasteiger partial charge in [-0.1, -0.05) is 59.1 Å². The van der Waals surface area contributed by atoms with Crippen LogP contribution in [0.15, 0.2) is 84.3 Å². The summed E-state index contributed by atoms with van der Waals surface area (Å²) in [5.74, 6) is -1.08. The van der Waals surface area contributed by atoms with Gasteiger partial charge in [0.25, 0.3) is 15.9 Å². The number of para-hydroxylation sites is 1. The van der Waals surface area contributed by atoms with Crippen molar-refractivity contribution in [3.05, 3.63) is 101 Å². The summed E-state index contributed by atoms with van der Waals surface area (Å²) in [6.07, 6.45) is 1.53. The molecule has 0 aliphatic heterocycles. The van der Waals surface area contributed by atoms with Gasteiger partial charge in [-0.3, -0.25) is 13.9 Å².